The molecule has 120 valence electrons. The van der Waals surface area contributed by atoms with Gasteiger partial charge in [0.05, 0.1) is 5.69 Å². The molecule has 0 fully saturated rings. The highest BCUT2D eigenvalue weighted by atomic mass is 16.5. The maximum absolute atomic E-state index is 11.5. The Balaban J connectivity index is 2.28. The number of hydrogen-bond acceptors (Lipinski definition) is 5. The zero-order valence-electron chi connectivity index (χ0n) is 13.5. The normalized spacial score (nSPS) is 16.7. The van der Waals surface area contributed by atoms with E-state index in [0.29, 0.717) is 12.3 Å². The molecule has 2 rings (SSSR count). The highest BCUT2D eigenvalue weighted by Crippen LogP contribution is 2.32. The van der Waals surface area contributed by atoms with Crippen LogP contribution in [0.2, 0.25) is 0 Å². The first kappa shape index (κ1) is 16.5. The Morgan fingerprint density at radius 2 is 2.27 bits per heavy atom. The van der Waals surface area contributed by atoms with Gasteiger partial charge in [0.25, 0.3) is 0 Å². The predicted molar refractivity (Wildman–Crippen MR) is 87.1 cm³/mol. The van der Waals surface area contributed by atoms with Gasteiger partial charge in [-0.2, -0.15) is 9.97 Å². The molecule has 1 N–H and O–H groups in total. The first-order chi connectivity index (χ1) is 10.7. The van der Waals surface area contributed by atoms with Gasteiger partial charge in [0.15, 0.2) is 0 Å². The van der Waals surface area contributed by atoms with E-state index in [0.717, 1.165) is 50.2 Å². The first-order valence-corrected chi connectivity index (χ1v) is 8.13. The molecular weight excluding hydrogens is 278 g/mol. The molecule has 0 bridgehead atoms. The minimum absolute atomic E-state index is 0.173. The van der Waals surface area contributed by atoms with Gasteiger partial charge in [-0.1, -0.05) is 19.9 Å². The molecule has 22 heavy (non-hydrogen) atoms. The van der Waals surface area contributed by atoms with Gasteiger partial charge >= 0.3 is 12.0 Å². The molecule has 1 aliphatic carbocycles. The van der Waals surface area contributed by atoms with Crippen LogP contribution < -0.4 is 10.1 Å². The number of rotatable bonds is 7. The van der Waals surface area contributed by atoms with Crippen molar-refractivity contribution in [1.82, 2.24) is 9.97 Å². The molecule has 0 saturated heterocycles. The molecule has 1 unspecified atom stereocenters. The predicted octanol–water partition coefficient (Wildman–Crippen LogP) is 3.29. The number of hydrogen-bond donors (Lipinski definition) is 1. The molecule has 0 spiro atoms. The fraction of sp³-hybridized carbons (Fsp3) is 0.588. The minimum atomic E-state index is -0.304. The number of nitrogens with one attached hydrogen (secondary N) is 1. The largest absolute Gasteiger partial charge is 0.391 e. The van der Waals surface area contributed by atoms with Crippen LogP contribution in [0.5, 0.6) is 6.01 Å². The zero-order chi connectivity index (χ0) is 15.9. The van der Waals surface area contributed by atoms with E-state index in [1.807, 2.05) is 6.08 Å². The fourth-order valence-corrected chi connectivity index (χ4v) is 2.71. The summed E-state index contributed by atoms with van der Waals surface area (Å²) in [5, 5.41) is 3.35. The topological polar surface area (TPSA) is 64.1 Å². The molecule has 5 nitrogen and oxygen atoms in total. The van der Waals surface area contributed by atoms with E-state index in [2.05, 4.69) is 28.8 Å². The van der Waals surface area contributed by atoms with Crippen molar-refractivity contribution >= 4 is 11.8 Å². The lowest BCUT2D eigenvalue weighted by Gasteiger charge is -2.25. The Bertz CT molecular complexity index is 543. The average molecular weight is 303 g/mol. The maximum atomic E-state index is 11.5. The third-order valence-corrected chi connectivity index (χ3v) is 3.89. The summed E-state index contributed by atoms with van der Waals surface area (Å²) in [6, 6.07) is 0.173. The van der Waals surface area contributed by atoms with E-state index >= 15 is 0 Å². The molecule has 0 aliphatic heterocycles. The molecule has 5 heteroatoms. The van der Waals surface area contributed by atoms with Crippen LogP contribution in [0.25, 0.3) is 0 Å². The minimum Gasteiger partial charge on any atom is -0.391 e. The smallest absolute Gasteiger partial charge is 0.326 e. The first-order valence-electron chi connectivity index (χ1n) is 8.13. The Labute approximate surface area is 132 Å². The summed E-state index contributed by atoms with van der Waals surface area (Å²) in [6.45, 7) is 8.55. The quantitative estimate of drug-likeness (QED) is 0.618. The lowest BCUT2D eigenvalue weighted by atomic mass is 9.85. The summed E-state index contributed by atoms with van der Waals surface area (Å²) in [4.78, 5) is 20.3. The summed E-state index contributed by atoms with van der Waals surface area (Å²) in [7, 11) is 0. The van der Waals surface area contributed by atoms with E-state index < -0.39 is 0 Å². The lowest BCUT2D eigenvalue weighted by molar-refractivity contribution is -0.134. The second-order valence-electron chi connectivity index (χ2n) is 5.67. The third-order valence-electron chi connectivity index (χ3n) is 3.89. The van der Waals surface area contributed by atoms with E-state index in [-0.39, 0.29) is 12.0 Å². The zero-order valence-corrected chi connectivity index (χ0v) is 13.5. The molecule has 1 aromatic rings. The lowest BCUT2D eigenvalue weighted by Crippen LogP contribution is -2.20. The molecule has 0 radical (unpaired) electrons. The number of anilines is 1. The van der Waals surface area contributed by atoms with Crippen molar-refractivity contribution in [3.8, 4) is 6.01 Å². The van der Waals surface area contributed by atoms with Crippen molar-refractivity contribution < 1.29 is 9.53 Å². The van der Waals surface area contributed by atoms with E-state index in [1.54, 1.807) is 6.92 Å². The van der Waals surface area contributed by atoms with Gasteiger partial charge in [0.2, 0.25) is 0 Å². The standard InChI is InChI=1S/C17H25N3O2/c1-4-7-12-8-9-14-13(11-12)16(18-10-5-2)20-17(19-14)22-15(21)6-3/h4,12H,1,5-11H2,2-3H3,(H,18,19,20). The van der Waals surface area contributed by atoms with Crippen molar-refractivity contribution in [3.05, 3.63) is 23.9 Å². The second-order valence-corrected chi connectivity index (χ2v) is 5.67. The van der Waals surface area contributed by atoms with Gasteiger partial charge in [0, 0.05) is 18.5 Å². The molecule has 0 saturated carbocycles. The van der Waals surface area contributed by atoms with Crippen LogP contribution >= 0.6 is 0 Å². The van der Waals surface area contributed by atoms with Crippen LogP contribution in [0.4, 0.5) is 5.82 Å². The Morgan fingerprint density at radius 3 is 2.95 bits per heavy atom. The van der Waals surface area contributed by atoms with Crippen molar-refractivity contribution in [2.24, 2.45) is 5.92 Å². The van der Waals surface area contributed by atoms with Crippen LogP contribution in [0.1, 0.15) is 50.8 Å². The number of aryl methyl sites for hydroxylation is 1. The highest BCUT2D eigenvalue weighted by Gasteiger charge is 2.24. The fourth-order valence-electron chi connectivity index (χ4n) is 2.71. The molecule has 0 amide bonds. The summed E-state index contributed by atoms with van der Waals surface area (Å²) in [5.41, 5.74) is 2.18. The van der Waals surface area contributed by atoms with Gasteiger partial charge in [0.1, 0.15) is 5.82 Å². The number of esters is 1. The van der Waals surface area contributed by atoms with Crippen molar-refractivity contribution in [2.45, 2.75) is 52.4 Å². The Hall–Kier alpha value is -1.91. The number of ether oxygens (including phenoxy) is 1. The van der Waals surface area contributed by atoms with Crippen LogP contribution in [-0.4, -0.2) is 22.5 Å². The molecular formula is C17H25N3O2. The maximum Gasteiger partial charge on any atom is 0.326 e. The van der Waals surface area contributed by atoms with Crippen molar-refractivity contribution in [3.63, 3.8) is 0 Å². The number of aromatic nitrogens is 2. The van der Waals surface area contributed by atoms with E-state index in [4.69, 9.17) is 4.74 Å². The second kappa shape index (κ2) is 7.92. The average Bonchev–Trinajstić information content (AvgIpc) is 2.53. The van der Waals surface area contributed by atoms with Gasteiger partial charge < -0.3 is 10.1 Å². The molecule has 1 aromatic heterocycles. The van der Waals surface area contributed by atoms with Gasteiger partial charge in [-0.15, -0.1) is 6.58 Å². The Kier molecular flexibility index (Phi) is 5.92. The number of nitrogens with zero attached hydrogens (tertiary/aromatic N) is 2. The molecule has 1 aliphatic rings. The molecule has 1 heterocycles. The van der Waals surface area contributed by atoms with Crippen LogP contribution in [0, 0.1) is 5.92 Å². The monoisotopic (exact) mass is 303 g/mol. The summed E-state index contributed by atoms with van der Waals surface area (Å²) in [5.74, 6) is 1.11. The van der Waals surface area contributed by atoms with Crippen LogP contribution in [0.3, 0.4) is 0 Å². The van der Waals surface area contributed by atoms with Crippen LogP contribution in [-0.2, 0) is 17.6 Å². The van der Waals surface area contributed by atoms with Crippen LogP contribution in [0.15, 0.2) is 12.7 Å². The highest BCUT2D eigenvalue weighted by molar-refractivity contribution is 5.71. The van der Waals surface area contributed by atoms with Crippen molar-refractivity contribution in [2.75, 3.05) is 11.9 Å². The van der Waals surface area contributed by atoms with E-state index in [1.165, 1.54) is 5.56 Å². The summed E-state index contributed by atoms with van der Waals surface area (Å²) >= 11 is 0. The number of carbonyl (C=O) groups excluding carboxylic acids is 1. The van der Waals surface area contributed by atoms with E-state index in [9.17, 15) is 4.79 Å². The summed E-state index contributed by atoms with van der Waals surface area (Å²) in [6.07, 6.45) is 7.26. The van der Waals surface area contributed by atoms with Gasteiger partial charge in [-0.05, 0) is 38.0 Å². The summed E-state index contributed by atoms with van der Waals surface area (Å²) < 4.78 is 5.21. The molecule has 0 aromatic carbocycles. The number of fused-ring (bicyclic) bond motifs is 1. The van der Waals surface area contributed by atoms with Crippen molar-refractivity contribution in [1.29, 1.82) is 0 Å². The Morgan fingerprint density at radius 1 is 1.45 bits per heavy atom. The third kappa shape index (κ3) is 4.06. The number of allylic oxidation sites excluding steroid dienone is 1. The van der Waals surface area contributed by atoms with Gasteiger partial charge in [-0.3, -0.25) is 4.79 Å². The molecule has 1 atom stereocenters. The number of carbonyl (C=O) groups is 1. The van der Waals surface area contributed by atoms with Gasteiger partial charge in [-0.25, -0.2) is 0 Å². The SMILES string of the molecule is C=CCC1CCc2nc(OC(=O)CC)nc(NCCC)c2C1.